The fraction of sp³-hybridized carbons (Fsp3) is 0.462. The molecular weight excluding hydrogens is 294 g/mol. The standard InChI is InChI=1S/C13H21N3O4S/c1-10(16(2)13(17)15-7-8-20-3)11-5-4-6-12(9-11)21(14,18)19/h4-6,9-10H,7-8H2,1-3H3,(H,15,17)(H2,14,18,19). The summed E-state index contributed by atoms with van der Waals surface area (Å²) in [4.78, 5) is 13.4. The third-order valence-corrected chi connectivity index (χ3v) is 4.06. The Morgan fingerprint density at radius 2 is 2.14 bits per heavy atom. The summed E-state index contributed by atoms with van der Waals surface area (Å²) in [5.41, 5.74) is 0.686. The van der Waals surface area contributed by atoms with Crippen LogP contribution in [0.3, 0.4) is 0 Å². The van der Waals surface area contributed by atoms with Crippen molar-refractivity contribution in [1.29, 1.82) is 0 Å². The van der Waals surface area contributed by atoms with Crippen LogP contribution in [-0.2, 0) is 14.8 Å². The van der Waals surface area contributed by atoms with Gasteiger partial charge in [0.2, 0.25) is 10.0 Å². The zero-order valence-corrected chi connectivity index (χ0v) is 13.2. The summed E-state index contributed by atoms with van der Waals surface area (Å²) >= 11 is 0. The van der Waals surface area contributed by atoms with Gasteiger partial charge in [0.1, 0.15) is 0 Å². The van der Waals surface area contributed by atoms with E-state index in [-0.39, 0.29) is 17.0 Å². The Bertz CT molecular complexity index is 589. The van der Waals surface area contributed by atoms with E-state index in [0.29, 0.717) is 18.7 Å². The first kappa shape index (κ1) is 17.4. The predicted octanol–water partition coefficient (Wildman–Crippen LogP) is 0.683. The molecule has 0 fully saturated rings. The first-order valence-electron chi connectivity index (χ1n) is 6.39. The first-order valence-corrected chi connectivity index (χ1v) is 7.94. The van der Waals surface area contributed by atoms with Gasteiger partial charge in [0.05, 0.1) is 17.5 Å². The van der Waals surface area contributed by atoms with Crippen molar-refractivity contribution in [3.63, 3.8) is 0 Å². The molecule has 0 saturated carbocycles. The smallest absolute Gasteiger partial charge is 0.317 e. The van der Waals surface area contributed by atoms with E-state index in [1.165, 1.54) is 17.0 Å². The zero-order valence-electron chi connectivity index (χ0n) is 12.4. The molecule has 0 radical (unpaired) electrons. The lowest BCUT2D eigenvalue weighted by molar-refractivity contribution is 0.177. The molecule has 1 aromatic carbocycles. The van der Waals surface area contributed by atoms with E-state index in [1.807, 2.05) is 0 Å². The van der Waals surface area contributed by atoms with E-state index in [1.54, 1.807) is 33.2 Å². The summed E-state index contributed by atoms with van der Waals surface area (Å²) in [5, 5.41) is 7.81. The van der Waals surface area contributed by atoms with E-state index in [9.17, 15) is 13.2 Å². The topological polar surface area (TPSA) is 102 Å². The summed E-state index contributed by atoms with van der Waals surface area (Å²) in [6.07, 6.45) is 0. The maximum absolute atomic E-state index is 11.9. The molecule has 2 amide bonds. The quantitative estimate of drug-likeness (QED) is 0.754. The highest BCUT2D eigenvalue weighted by Gasteiger charge is 2.18. The summed E-state index contributed by atoms with van der Waals surface area (Å²) in [7, 11) is -0.570. The molecule has 118 valence electrons. The van der Waals surface area contributed by atoms with Crippen molar-refractivity contribution >= 4 is 16.1 Å². The third kappa shape index (κ3) is 5.00. The second kappa shape index (κ2) is 7.39. The molecule has 3 N–H and O–H groups in total. The fourth-order valence-electron chi connectivity index (χ4n) is 1.74. The zero-order chi connectivity index (χ0) is 16.0. The predicted molar refractivity (Wildman–Crippen MR) is 79.3 cm³/mol. The van der Waals surface area contributed by atoms with Crippen molar-refractivity contribution in [2.45, 2.75) is 17.9 Å². The number of amides is 2. The Morgan fingerprint density at radius 1 is 1.48 bits per heavy atom. The van der Waals surface area contributed by atoms with Crippen molar-refractivity contribution in [1.82, 2.24) is 10.2 Å². The average molecular weight is 315 g/mol. The highest BCUT2D eigenvalue weighted by molar-refractivity contribution is 7.89. The lowest BCUT2D eigenvalue weighted by Gasteiger charge is -2.25. The van der Waals surface area contributed by atoms with E-state index in [0.717, 1.165) is 0 Å². The Kier molecular flexibility index (Phi) is 6.13. The average Bonchev–Trinajstić information content (AvgIpc) is 2.45. The van der Waals surface area contributed by atoms with Crippen LogP contribution in [0.1, 0.15) is 18.5 Å². The summed E-state index contributed by atoms with van der Waals surface area (Å²) in [5.74, 6) is 0. The number of sulfonamides is 1. The molecule has 0 heterocycles. The van der Waals surface area contributed by atoms with Crippen LogP contribution in [0.5, 0.6) is 0 Å². The maximum Gasteiger partial charge on any atom is 0.317 e. The van der Waals surface area contributed by atoms with Crippen LogP contribution in [0.15, 0.2) is 29.2 Å². The van der Waals surface area contributed by atoms with Gasteiger partial charge in [-0.05, 0) is 24.6 Å². The molecule has 0 aliphatic heterocycles. The number of hydrogen-bond acceptors (Lipinski definition) is 4. The van der Waals surface area contributed by atoms with Crippen LogP contribution in [-0.4, -0.2) is 46.7 Å². The molecule has 0 aromatic heterocycles. The van der Waals surface area contributed by atoms with Crippen molar-refractivity contribution in [3.05, 3.63) is 29.8 Å². The van der Waals surface area contributed by atoms with Gasteiger partial charge < -0.3 is 15.0 Å². The van der Waals surface area contributed by atoms with E-state index in [4.69, 9.17) is 9.88 Å². The molecule has 0 bridgehead atoms. The molecule has 1 atom stereocenters. The van der Waals surface area contributed by atoms with Crippen LogP contribution < -0.4 is 10.5 Å². The molecule has 1 aromatic rings. The Balaban J connectivity index is 2.83. The minimum absolute atomic E-state index is 0.0278. The number of carbonyl (C=O) groups is 1. The second-order valence-corrected chi connectivity index (χ2v) is 6.19. The Hall–Kier alpha value is -1.64. The molecule has 1 rings (SSSR count). The number of methoxy groups -OCH3 is 1. The highest BCUT2D eigenvalue weighted by Crippen LogP contribution is 2.21. The second-order valence-electron chi connectivity index (χ2n) is 4.63. The number of benzene rings is 1. The molecule has 8 heteroatoms. The Labute approximate surface area is 125 Å². The van der Waals surface area contributed by atoms with Gasteiger partial charge in [0.25, 0.3) is 0 Å². The number of nitrogens with one attached hydrogen (secondary N) is 1. The van der Waals surface area contributed by atoms with Crippen LogP contribution in [0.25, 0.3) is 0 Å². The van der Waals surface area contributed by atoms with Crippen molar-refractivity contribution in [3.8, 4) is 0 Å². The first-order chi connectivity index (χ1) is 9.77. The fourth-order valence-corrected chi connectivity index (χ4v) is 2.30. The molecule has 1 unspecified atom stereocenters. The molecule has 0 spiro atoms. The monoisotopic (exact) mass is 315 g/mol. The SMILES string of the molecule is COCCNC(=O)N(C)C(C)c1cccc(S(N)(=O)=O)c1. The number of hydrogen-bond donors (Lipinski definition) is 2. The number of rotatable bonds is 6. The van der Waals surface area contributed by atoms with Crippen LogP contribution in [0.2, 0.25) is 0 Å². The van der Waals surface area contributed by atoms with Crippen LogP contribution in [0.4, 0.5) is 4.79 Å². The van der Waals surface area contributed by atoms with Gasteiger partial charge in [-0.2, -0.15) is 0 Å². The van der Waals surface area contributed by atoms with Crippen molar-refractivity contribution in [2.24, 2.45) is 5.14 Å². The maximum atomic E-state index is 11.9. The summed E-state index contributed by atoms with van der Waals surface area (Å²) < 4.78 is 27.6. The van der Waals surface area contributed by atoms with Crippen LogP contribution >= 0.6 is 0 Å². The number of nitrogens with two attached hydrogens (primary N) is 1. The van der Waals surface area contributed by atoms with Crippen molar-refractivity contribution in [2.75, 3.05) is 27.3 Å². The summed E-state index contributed by atoms with van der Waals surface area (Å²) in [6, 6.07) is 5.68. The van der Waals surface area contributed by atoms with Crippen molar-refractivity contribution < 1.29 is 17.9 Å². The molecule has 7 nitrogen and oxygen atoms in total. The van der Waals surface area contributed by atoms with E-state index in [2.05, 4.69) is 5.32 Å². The third-order valence-electron chi connectivity index (χ3n) is 3.15. The number of primary sulfonamides is 1. The largest absolute Gasteiger partial charge is 0.383 e. The molecular formula is C13H21N3O4S. The van der Waals surface area contributed by atoms with Gasteiger partial charge in [-0.15, -0.1) is 0 Å². The minimum Gasteiger partial charge on any atom is -0.383 e. The van der Waals surface area contributed by atoms with Gasteiger partial charge >= 0.3 is 6.03 Å². The van der Waals surface area contributed by atoms with Gasteiger partial charge in [-0.1, -0.05) is 12.1 Å². The number of urea groups is 1. The minimum atomic E-state index is -3.76. The summed E-state index contributed by atoms with van der Waals surface area (Å²) in [6.45, 7) is 2.64. The molecule has 0 aliphatic rings. The van der Waals surface area contributed by atoms with Gasteiger partial charge in [-0.25, -0.2) is 18.4 Å². The lowest BCUT2D eigenvalue weighted by atomic mass is 10.1. The molecule has 0 aliphatic carbocycles. The number of carbonyl (C=O) groups excluding carboxylic acids is 1. The van der Waals surface area contributed by atoms with Gasteiger partial charge in [-0.3, -0.25) is 0 Å². The molecule has 21 heavy (non-hydrogen) atoms. The Morgan fingerprint density at radius 3 is 2.71 bits per heavy atom. The lowest BCUT2D eigenvalue weighted by Crippen LogP contribution is -2.40. The van der Waals surface area contributed by atoms with Gasteiger partial charge in [0, 0.05) is 20.7 Å². The number of ether oxygens (including phenoxy) is 1. The number of nitrogens with zero attached hydrogens (tertiary/aromatic N) is 1. The highest BCUT2D eigenvalue weighted by atomic mass is 32.2. The van der Waals surface area contributed by atoms with E-state index < -0.39 is 10.0 Å². The van der Waals surface area contributed by atoms with E-state index >= 15 is 0 Å². The van der Waals surface area contributed by atoms with Gasteiger partial charge in [0.15, 0.2) is 0 Å². The molecule has 0 saturated heterocycles. The van der Waals surface area contributed by atoms with Crippen LogP contribution in [0, 0.1) is 0 Å². The normalized spacial score (nSPS) is 12.8.